The molecule has 0 saturated heterocycles. The Hall–Kier alpha value is -2.70. The number of fused-ring (bicyclic) bond motifs is 2. The van der Waals surface area contributed by atoms with Gasteiger partial charge in [-0.15, -0.1) is 11.3 Å². The van der Waals surface area contributed by atoms with Crippen LogP contribution in [0.25, 0.3) is 21.6 Å². The minimum atomic E-state index is 0.00629. The Bertz CT molecular complexity index is 1130. The van der Waals surface area contributed by atoms with Gasteiger partial charge in [-0.05, 0) is 47.0 Å². The largest absolute Gasteiger partial charge is 0.361 e. The summed E-state index contributed by atoms with van der Waals surface area (Å²) in [4.78, 5) is 26.7. The lowest BCUT2D eigenvalue weighted by Gasteiger charge is -2.27. The number of aromatic amines is 2. The van der Waals surface area contributed by atoms with Crippen LogP contribution in [-0.4, -0.2) is 26.4 Å². The van der Waals surface area contributed by atoms with Gasteiger partial charge in [0, 0.05) is 36.9 Å². The lowest BCUT2D eigenvalue weighted by molar-refractivity contribution is 0.240. The molecule has 4 aromatic rings. The summed E-state index contributed by atoms with van der Waals surface area (Å²) in [6.07, 6.45) is 2.71. The van der Waals surface area contributed by atoms with E-state index in [9.17, 15) is 4.79 Å². The number of nitrogens with zero attached hydrogens (tertiary/aromatic N) is 2. The molecule has 1 aromatic carbocycles. The third kappa shape index (κ3) is 2.77. The molecule has 5 nitrogen and oxygen atoms in total. The predicted octanol–water partition coefficient (Wildman–Crippen LogP) is 3.54. The Morgan fingerprint density at radius 2 is 2.19 bits per heavy atom. The van der Waals surface area contributed by atoms with E-state index in [4.69, 9.17) is 4.98 Å². The molecule has 26 heavy (non-hydrogen) atoms. The van der Waals surface area contributed by atoms with Crippen LogP contribution in [0.4, 0.5) is 0 Å². The van der Waals surface area contributed by atoms with Crippen LogP contribution >= 0.6 is 11.3 Å². The second-order valence-corrected chi connectivity index (χ2v) is 7.62. The fourth-order valence-electron chi connectivity index (χ4n) is 3.62. The van der Waals surface area contributed by atoms with Crippen molar-refractivity contribution >= 4 is 22.2 Å². The average Bonchev–Trinajstić information content (AvgIpc) is 3.33. The fraction of sp³-hybridized carbons (Fsp3) is 0.200. The first kappa shape index (κ1) is 15.5. The van der Waals surface area contributed by atoms with Gasteiger partial charge in [0.1, 0.15) is 0 Å². The smallest absolute Gasteiger partial charge is 0.254 e. The molecule has 0 spiro atoms. The van der Waals surface area contributed by atoms with E-state index in [1.54, 1.807) is 11.3 Å². The molecular weight excluding hydrogens is 344 g/mol. The van der Waals surface area contributed by atoms with Crippen molar-refractivity contribution in [1.82, 2.24) is 19.9 Å². The standard InChI is InChI=1S/C20H18N4OS/c25-20-15-6-8-24(11-13-3-4-16-14(10-13)5-7-21-16)12-17(15)22-19(23-20)18-2-1-9-26-18/h1-5,7,9-10,21H,6,8,11-12H2,(H,22,23,25). The van der Waals surface area contributed by atoms with Crippen molar-refractivity contribution in [3.05, 3.63) is 75.1 Å². The van der Waals surface area contributed by atoms with Crippen molar-refractivity contribution in [1.29, 1.82) is 0 Å². The molecule has 0 radical (unpaired) electrons. The maximum absolute atomic E-state index is 12.4. The summed E-state index contributed by atoms with van der Waals surface area (Å²) < 4.78 is 0. The van der Waals surface area contributed by atoms with Crippen molar-refractivity contribution in [2.45, 2.75) is 19.5 Å². The number of hydrogen-bond donors (Lipinski definition) is 2. The molecule has 0 aliphatic carbocycles. The third-order valence-electron chi connectivity index (χ3n) is 4.93. The first-order chi connectivity index (χ1) is 12.8. The predicted molar refractivity (Wildman–Crippen MR) is 104 cm³/mol. The molecule has 0 unspecified atom stereocenters. The monoisotopic (exact) mass is 362 g/mol. The van der Waals surface area contributed by atoms with Gasteiger partial charge in [0.25, 0.3) is 5.56 Å². The zero-order valence-corrected chi connectivity index (χ0v) is 15.0. The molecule has 6 heteroatoms. The van der Waals surface area contributed by atoms with Crippen molar-refractivity contribution in [2.75, 3.05) is 6.54 Å². The highest BCUT2D eigenvalue weighted by Gasteiger charge is 2.21. The van der Waals surface area contributed by atoms with Crippen molar-refractivity contribution < 1.29 is 0 Å². The maximum atomic E-state index is 12.4. The van der Waals surface area contributed by atoms with E-state index in [1.807, 2.05) is 23.7 Å². The quantitative estimate of drug-likeness (QED) is 0.586. The molecule has 0 amide bonds. The molecule has 0 saturated carbocycles. The zero-order chi connectivity index (χ0) is 17.5. The third-order valence-corrected chi connectivity index (χ3v) is 5.81. The van der Waals surface area contributed by atoms with Crippen molar-refractivity contribution in [3.63, 3.8) is 0 Å². The summed E-state index contributed by atoms with van der Waals surface area (Å²) in [6.45, 7) is 2.45. The van der Waals surface area contributed by atoms with Crippen LogP contribution in [0.2, 0.25) is 0 Å². The van der Waals surface area contributed by atoms with E-state index in [0.717, 1.165) is 41.2 Å². The summed E-state index contributed by atoms with van der Waals surface area (Å²) in [7, 11) is 0. The van der Waals surface area contributed by atoms with Crippen molar-refractivity contribution in [2.24, 2.45) is 0 Å². The van der Waals surface area contributed by atoms with Crippen LogP contribution in [0.1, 0.15) is 16.8 Å². The summed E-state index contributed by atoms with van der Waals surface area (Å²) in [6, 6.07) is 12.6. The van der Waals surface area contributed by atoms with Gasteiger partial charge >= 0.3 is 0 Å². The molecule has 4 heterocycles. The SMILES string of the molecule is O=c1[nH]c(-c2cccs2)nc2c1CCN(Cc1ccc3[nH]ccc3c1)C2. The van der Waals surface area contributed by atoms with Crippen LogP contribution in [0.5, 0.6) is 0 Å². The van der Waals surface area contributed by atoms with Gasteiger partial charge < -0.3 is 9.97 Å². The number of hydrogen-bond acceptors (Lipinski definition) is 4. The first-order valence-corrected chi connectivity index (χ1v) is 9.58. The maximum Gasteiger partial charge on any atom is 0.254 e. The number of nitrogens with one attached hydrogen (secondary N) is 2. The summed E-state index contributed by atoms with van der Waals surface area (Å²) >= 11 is 1.59. The topological polar surface area (TPSA) is 64.8 Å². The zero-order valence-electron chi connectivity index (χ0n) is 14.2. The molecule has 2 N–H and O–H groups in total. The summed E-state index contributed by atoms with van der Waals surface area (Å²) in [5.41, 5.74) is 4.19. The summed E-state index contributed by atoms with van der Waals surface area (Å²) in [5, 5.41) is 3.23. The molecule has 5 rings (SSSR count). The van der Waals surface area contributed by atoms with E-state index in [2.05, 4.69) is 39.1 Å². The molecular formula is C20H18N4OS. The average molecular weight is 362 g/mol. The van der Waals surface area contributed by atoms with E-state index in [0.29, 0.717) is 12.4 Å². The van der Waals surface area contributed by atoms with Crippen LogP contribution in [0.15, 0.2) is 52.8 Å². The highest BCUT2D eigenvalue weighted by Crippen LogP contribution is 2.23. The van der Waals surface area contributed by atoms with Gasteiger partial charge in [0.15, 0.2) is 5.82 Å². The molecule has 3 aromatic heterocycles. The van der Waals surface area contributed by atoms with E-state index in [1.165, 1.54) is 10.9 Å². The molecule has 0 fully saturated rings. The van der Waals surface area contributed by atoms with Crippen molar-refractivity contribution in [3.8, 4) is 10.7 Å². The molecule has 1 aliphatic rings. The normalized spacial score (nSPS) is 14.6. The van der Waals surface area contributed by atoms with Crippen LogP contribution < -0.4 is 5.56 Å². The second kappa shape index (κ2) is 6.23. The minimum absolute atomic E-state index is 0.00629. The molecule has 0 bridgehead atoms. The number of H-pyrrole nitrogens is 2. The van der Waals surface area contributed by atoms with Crippen LogP contribution in [-0.2, 0) is 19.5 Å². The molecule has 130 valence electrons. The van der Waals surface area contributed by atoms with Crippen LogP contribution in [0, 0.1) is 0 Å². The Kier molecular flexibility index (Phi) is 3.72. The highest BCUT2D eigenvalue weighted by molar-refractivity contribution is 7.13. The van der Waals surface area contributed by atoms with Gasteiger partial charge in [-0.2, -0.15) is 0 Å². The second-order valence-electron chi connectivity index (χ2n) is 6.68. The summed E-state index contributed by atoms with van der Waals surface area (Å²) in [5.74, 6) is 0.680. The lowest BCUT2D eigenvalue weighted by Crippen LogP contribution is -2.35. The number of benzene rings is 1. The van der Waals surface area contributed by atoms with Crippen LogP contribution in [0.3, 0.4) is 0 Å². The van der Waals surface area contributed by atoms with Gasteiger partial charge in [-0.25, -0.2) is 4.98 Å². The van der Waals surface area contributed by atoms with Gasteiger partial charge in [-0.1, -0.05) is 12.1 Å². The number of thiophene rings is 1. The Balaban J connectivity index is 1.42. The Morgan fingerprint density at radius 1 is 1.23 bits per heavy atom. The molecule has 0 atom stereocenters. The van der Waals surface area contributed by atoms with Gasteiger partial charge in [0.2, 0.25) is 0 Å². The van der Waals surface area contributed by atoms with E-state index >= 15 is 0 Å². The fourth-order valence-corrected chi connectivity index (χ4v) is 4.29. The Morgan fingerprint density at radius 3 is 3.08 bits per heavy atom. The van der Waals surface area contributed by atoms with Gasteiger partial charge in [0.05, 0.1) is 10.6 Å². The number of rotatable bonds is 3. The minimum Gasteiger partial charge on any atom is -0.361 e. The number of aromatic nitrogens is 3. The highest BCUT2D eigenvalue weighted by atomic mass is 32.1. The lowest BCUT2D eigenvalue weighted by atomic mass is 10.0. The van der Waals surface area contributed by atoms with E-state index < -0.39 is 0 Å². The van der Waals surface area contributed by atoms with E-state index in [-0.39, 0.29) is 5.56 Å². The molecule has 1 aliphatic heterocycles. The van der Waals surface area contributed by atoms with Gasteiger partial charge in [-0.3, -0.25) is 9.69 Å². The Labute approximate surface area is 154 Å². The first-order valence-electron chi connectivity index (χ1n) is 8.70.